The molecule has 1 aromatic rings. The smallest absolute Gasteiger partial charge is 0.543 e. The van der Waals surface area contributed by atoms with Crippen molar-refractivity contribution in [2.24, 2.45) is 5.16 Å². The number of nitrogens with two attached hydrogens (primary N) is 1. The summed E-state index contributed by atoms with van der Waals surface area (Å²) in [6, 6.07) is -1.02. The number of nitrogens with one attached hydrogen (secondary N) is 1. The van der Waals surface area contributed by atoms with E-state index in [0.717, 1.165) is 16.4 Å². The van der Waals surface area contributed by atoms with Gasteiger partial charge >= 0.3 is 35.5 Å². The third kappa shape index (κ3) is 5.17. The second-order valence-electron chi connectivity index (χ2n) is 5.96. The molecule has 2 amide bonds. The number of amides is 2. The average molecular weight is 478 g/mol. The summed E-state index contributed by atoms with van der Waals surface area (Å²) in [4.78, 5) is 57.3. The predicted molar refractivity (Wildman–Crippen MR) is 102 cm³/mol. The van der Waals surface area contributed by atoms with Crippen molar-refractivity contribution in [3.63, 3.8) is 0 Å². The normalized spacial score (nSPS) is 20.3. The van der Waals surface area contributed by atoms with Gasteiger partial charge in [-0.15, -0.1) is 11.8 Å². The zero-order valence-corrected chi connectivity index (χ0v) is 20.2. The van der Waals surface area contributed by atoms with Gasteiger partial charge in [0.05, 0.1) is 11.7 Å². The minimum Gasteiger partial charge on any atom is -0.543 e. The molecule has 13 nitrogen and oxygen atoms in total. The maximum atomic E-state index is 12.6. The number of anilines is 1. The molecule has 3 rings (SSSR count). The number of thioether (sulfide) groups is 1. The van der Waals surface area contributed by atoms with Gasteiger partial charge in [-0.3, -0.25) is 19.3 Å². The van der Waals surface area contributed by atoms with Crippen LogP contribution < -0.4 is 45.7 Å². The van der Waals surface area contributed by atoms with E-state index in [-0.39, 0.29) is 69.9 Å². The number of β-lactam (4-membered cyclic amide) rings is 1. The number of nitrogens with zero attached hydrogens (tertiary/aromatic N) is 4. The molecule has 0 spiro atoms. The first-order valence-corrected chi connectivity index (χ1v) is 10.1. The van der Waals surface area contributed by atoms with Crippen molar-refractivity contribution in [3.8, 4) is 0 Å². The van der Waals surface area contributed by atoms with Crippen molar-refractivity contribution in [2.45, 2.75) is 18.3 Å². The van der Waals surface area contributed by atoms with Crippen LogP contribution in [-0.4, -0.2) is 74.6 Å². The predicted octanol–water partition coefficient (Wildman–Crippen LogP) is -5.56. The fraction of sp³-hybridized carbons (Fsp3) is 0.400. The molecule has 0 aromatic carbocycles. The fourth-order valence-electron chi connectivity index (χ4n) is 2.79. The number of rotatable bonds is 7. The number of carboxylic acid groups (broad SMARTS) is 1. The summed E-state index contributed by atoms with van der Waals surface area (Å²) in [5, 5.41) is 17.1. The Bertz CT molecular complexity index is 981. The Balaban J connectivity index is 0.00000341. The largest absolute Gasteiger partial charge is 1.00 e. The number of ether oxygens (including phenoxy) is 1. The van der Waals surface area contributed by atoms with Crippen LogP contribution in [0.15, 0.2) is 16.4 Å². The SMILES string of the molecule is CON=C(C(=O)N[C@@H]1C(=O)N2C(C(=O)[O-])=C(COC(C)=O)CS[C@H]12)c1nsc(N)n1.[Na+]. The molecule has 3 N–H and O–H groups in total. The molecule has 16 heteroatoms. The second-order valence-corrected chi connectivity index (χ2v) is 7.85. The molecule has 2 aliphatic rings. The fourth-order valence-corrected chi connectivity index (χ4v) is 4.55. The Morgan fingerprint density at radius 1 is 1.42 bits per heavy atom. The van der Waals surface area contributed by atoms with Crippen LogP contribution in [0.1, 0.15) is 12.7 Å². The summed E-state index contributed by atoms with van der Waals surface area (Å²) in [6.07, 6.45) is 0. The Morgan fingerprint density at radius 2 is 2.13 bits per heavy atom. The monoisotopic (exact) mass is 478 g/mol. The minimum atomic E-state index is -1.58. The van der Waals surface area contributed by atoms with Crippen LogP contribution in [0, 0.1) is 0 Å². The quantitative estimate of drug-likeness (QED) is 0.125. The van der Waals surface area contributed by atoms with Gasteiger partial charge in [-0.1, -0.05) is 5.16 Å². The van der Waals surface area contributed by atoms with E-state index in [1.54, 1.807) is 0 Å². The van der Waals surface area contributed by atoms with Crippen molar-refractivity contribution < 1.29 is 63.4 Å². The first kappa shape index (κ1) is 25.1. The van der Waals surface area contributed by atoms with Crippen molar-refractivity contribution in [2.75, 3.05) is 25.2 Å². The van der Waals surface area contributed by atoms with E-state index < -0.39 is 35.2 Å². The molecule has 1 aromatic heterocycles. The summed E-state index contributed by atoms with van der Waals surface area (Å²) in [5.74, 6) is -3.53. The van der Waals surface area contributed by atoms with Gasteiger partial charge < -0.3 is 30.5 Å². The zero-order chi connectivity index (χ0) is 22.0. The first-order valence-electron chi connectivity index (χ1n) is 8.27. The van der Waals surface area contributed by atoms with Crippen LogP contribution in [0.25, 0.3) is 0 Å². The maximum Gasteiger partial charge on any atom is 1.00 e. The van der Waals surface area contributed by atoms with Gasteiger partial charge in [0.25, 0.3) is 11.8 Å². The molecule has 1 saturated heterocycles. The van der Waals surface area contributed by atoms with Crippen LogP contribution in [-0.2, 0) is 28.8 Å². The molecular formula is C15H15N6NaO7S2. The molecular weight excluding hydrogens is 463 g/mol. The van der Waals surface area contributed by atoms with Crippen LogP contribution in [0.2, 0.25) is 0 Å². The van der Waals surface area contributed by atoms with E-state index in [1.165, 1.54) is 25.8 Å². The van der Waals surface area contributed by atoms with Crippen LogP contribution in [0.3, 0.4) is 0 Å². The number of oxime groups is 1. The second kappa shape index (κ2) is 10.4. The Hall–Kier alpha value is -2.20. The van der Waals surface area contributed by atoms with Crippen molar-refractivity contribution >= 4 is 57.9 Å². The molecule has 1 fully saturated rings. The summed E-state index contributed by atoms with van der Waals surface area (Å²) >= 11 is 2.05. The molecule has 0 saturated carbocycles. The first-order chi connectivity index (χ1) is 14.2. The number of esters is 1. The van der Waals surface area contributed by atoms with E-state index in [4.69, 9.17) is 10.5 Å². The van der Waals surface area contributed by atoms with Crippen LogP contribution in [0.5, 0.6) is 0 Å². The third-order valence-electron chi connectivity index (χ3n) is 4.03. The van der Waals surface area contributed by atoms with Gasteiger partial charge in [0.2, 0.25) is 11.5 Å². The number of hydrogen-bond donors (Lipinski definition) is 2. The molecule has 160 valence electrons. The molecule has 2 aliphatic heterocycles. The number of nitrogen functional groups attached to an aromatic ring is 1. The van der Waals surface area contributed by atoms with Crippen LogP contribution >= 0.6 is 23.3 Å². The standard InChI is InChI=1S/C15H16N6O7S2.Na/c1-5(22)28-3-6-4-29-13-8(12(24)21(13)9(6)14(25)26)17-11(23)7(19-27-2)10-18-15(16)30-20-10;/h8,13H,3-4H2,1-2H3,(H,17,23)(H,25,26)(H2,16,18,20);/q;+1/p-1/t8-,13-;/m1./s1. The number of fused-ring (bicyclic) bond motifs is 1. The van der Waals surface area contributed by atoms with Gasteiger partial charge in [0.15, 0.2) is 5.13 Å². The summed E-state index contributed by atoms with van der Waals surface area (Å²) in [5.41, 5.74) is 5.09. The van der Waals surface area contributed by atoms with Crippen molar-refractivity contribution in [1.29, 1.82) is 0 Å². The van der Waals surface area contributed by atoms with E-state index >= 15 is 0 Å². The van der Waals surface area contributed by atoms with Gasteiger partial charge in [-0.05, 0) is 0 Å². The van der Waals surface area contributed by atoms with Crippen molar-refractivity contribution in [3.05, 3.63) is 17.1 Å². The zero-order valence-electron chi connectivity index (χ0n) is 16.6. The number of hydrogen-bond acceptors (Lipinski definition) is 13. The van der Waals surface area contributed by atoms with Gasteiger partial charge in [0.1, 0.15) is 25.1 Å². The molecule has 0 radical (unpaired) electrons. The van der Waals surface area contributed by atoms with Crippen molar-refractivity contribution in [1.82, 2.24) is 19.6 Å². The molecule has 2 atom stereocenters. The van der Waals surface area contributed by atoms with E-state index in [9.17, 15) is 24.3 Å². The van der Waals surface area contributed by atoms with E-state index in [1.807, 2.05) is 0 Å². The summed E-state index contributed by atoms with van der Waals surface area (Å²) in [7, 11) is 1.22. The summed E-state index contributed by atoms with van der Waals surface area (Å²) < 4.78 is 8.73. The maximum absolute atomic E-state index is 12.6. The number of aromatic nitrogens is 2. The Labute approximate surface area is 205 Å². The number of carbonyl (C=O) groups excluding carboxylic acids is 4. The molecule has 0 unspecified atom stereocenters. The number of carboxylic acids is 1. The topological polar surface area (TPSA) is 189 Å². The van der Waals surface area contributed by atoms with Gasteiger partial charge in [-0.25, -0.2) is 0 Å². The Kier molecular flexibility index (Phi) is 8.41. The summed E-state index contributed by atoms with van der Waals surface area (Å²) in [6.45, 7) is 0.906. The number of aliphatic carboxylic acids is 1. The minimum absolute atomic E-state index is 0. The third-order valence-corrected chi connectivity index (χ3v) is 5.91. The van der Waals surface area contributed by atoms with E-state index in [0.29, 0.717) is 0 Å². The van der Waals surface area contributed by atoms with Gasteiger partial charge in [0, 0.05) is 29.8 Å². The molecule has 31 heavy (non-hydrogen) atoms. The molecule has 0 bridgehead atoms. The van der Waals surface area contributed by atoms with Crippen LogP contribution in [0.4, 0.5) is 5.13 Å². The average Bonchev–Trinajstić information content (AvgIpc) is 3.13. The Morgan fingerprint density at radius 3 is 2.68 bits per heavy atom. The van der Waals surface area contributed by atoms with E-state index in [2.05, 4.69) is 24.7 Å². The number of carbonyl (C=O) groups is 4. The molecule has 0 aliphatic carbocycles. The molecule has 3 heterocycles. The van der Waals surface area contributed by atoms with Gasteiger partial charge in [-0.2, -0.15) is 9.36 Å².